The molecule has 0 fully saturated rings. The van der Waals surface area contributed by atoms with E-state index < -0.39 is 7.25 Å². The summed E-state index contributed by atoms with van der Waals surface area (Å²) in [4.78, 5) is 7.99. The summed E-state index contributed by atoms with van der Waals surface area (Å²) < 4.78 is 39.0. The second-order valence-corrected chi connectivity index (χ2v) is 3.41. The molecule has 0 saturated carbocycles. The molecule has 9 heteroatoms. The number of rotatable bonds is 0. The van der Waals surface area contributed by atoms with Gasteiger partial charge in [-0.15, -0.1) is 0 Å². The smallest absolute Gasteiger partial charge is 0.418 e. The third kappa shape index (κ3) is 6.36. The molecule has 0 spiro atoms. The standard InChI is InChI=1S/C5H6N3S.BF4/c1-3-4(2)9-5(7-3)8-6;2-1(3,4)5/h1-2H3;/q+1;-1. The molecular formula is C5H6BF4N3S. The average Bonchev–Trinajstić information content (AvgIpc) is 2.28. The third-order valence-corrected chi connectivity index (χ3v) is 2.06. The quantitative estimate of drug-likeness (QED) is 0.386. The number of diazo groups is 1. The summed E-state index contributed by atoms with van der Waals surface area (Å²) in [5.74, 6) is 0. The molecule has 0 N–H and O–H groups in total. The SMILES string of the molecule is Cc1nc([N+]#N)sc1C.F[B-](F)(F)F. The second-order valence-electron chi connectivity index (χ2n) is 2.23. The number of aryl methyl sites for hydroxylation is 2. The van der Waals surface area contributed by atoms with E-state index in [4.69, 9.17) is 5.39 Å². The molecule has 0 unspecified atom stereocenters. The molecule has 1 heterocycles. The molecule has 3 nitrogen and oxygen atoms in total. The highest BCUT2D eigenvalue weighted by Gasteiger charge is 2.20. The van der Waals surface area contributed by atoms with Crippen LogP contribution in [0.3, 0.4) is 0 Å². The van der Waals surface area contributed by atoms with Crippen molar-refractivity contribution in [1.82, 2.24) is 4.98 Å². The van der Waals surface area contributed by atoms with Crippen molar-refractivity contribution < 1.29 is 17.3 Å². The number of hydrogen-bond acceptors (Lipinski definition) is 3. The van der Waals surface area contributed by atoms with E-state index in [0.717, 1.165) is 10.6 Å². The van der Waals surface area contributed by atoms with Crippen LogP contribution in [-0.4, -0.2) is 12.2 Å². The summed E-state index contributed by atoms with van der Waals surface area (Å²) in [5.41, 5.74) is 0.938. The van der Waals surface area contributed by atoms with Crippen LogP contribution in [0.25, 0.3) is 4.98 Å². The molecule has 0 aliphatic rings. The Balaban J connectivity index is 0.000000292. The average molecular weight is 227 g/mol. The minimum Gasteiger partial charge on any atom is -0.418 e. The highest BCUT2D eigenvalue weighted by molar-refractivity contribution is 7.15. The summed E-state index contributed by atoms with van der Waals surface area (Å²) in [5, 5.41) is 8.68. The lowest BCUT2D eigenvalue weighted by Gasteiger charge is -1.94. The van der Waals surface area contributed by atoms with Crippen LogP contribution in [-0.2, 0) is 0 Å². The van der Waals surface area contributed by atoms with Crippen molar-refractivity contribution in [2.45, 2.75) is 13.8 Å². The molecule has 0 bridgehead atoms. The predicted octanol–water partition coefficient (Wildman–Crippen LogP) is 3.54. The van der Waals surface area contributed by atoms with Crippen molar-refractivity contribution in [2.24, 2.45) is 0 Å². The van der Waals surface area contributed by atoms with Crippen molar-refractivity contribution in [3.8, 4) is 0 Å². The number of hydrogen-bond donors (Lipinski definition) is 0. The largest absolute Gasteiger partial charge is 0.673 e. The van der Waals surface area contributed by atoms with Crippen LogP contribution in [0.15, 0.2) is 0 Å². The summed E-state index contributed by atoms with van der Waals surface area (Å²) in [7, 11) is -6.00. The Kier molecular flexibility index (Phi) is 4.49. The Morgan fingerprint density at radius 1 is 1.29 bits per heavy atom. The van der Waals surface area contributed by atoms with Crippen molar-refractivity contribution in [1.29, 1.82) is 5.39 Å². The van der Waals surface area contributed by atoms with E-state index in [-0.39, 0.29) is 0 Å². The molecule has 0 atom stereocenters. The zero-order valence-electron chi connectivity index (χ0n) is 7.34. The lowest BCUT2D eigenvalue weighted by molar-refractivity contribution is 0.368. The van der Waals surface area contributed by atoms with Gasteiger partial charge in [0, 0.05) is 11.9 Å². The number of nitrogens with zero attached hydrogens (tertiary/aromatic N) is 3. The van der Waals surface area contributed by atoms with Gasteiger partial charge in [-0.1, -0.05) is 0 Å². The van der Waals surface area contributed by atoms with Gasteiger partial charge >= 0.3 is 12.4 Å². The van der Waals surface area contributed by atoms with Crippen molar-refractivity contribution in [3.05, 3.63) is 15.5 Å². The van der Waals surface area contributed by atoms with Gasteiger partial charge in [0.2, 0.25) is 0 Å². The first-order valence-corrected chi connectivity index (χ1v) is 4.22. The Morgan fingerprint density at radius 2 is 1.71 bits per heavy atom. The van der Waals surface area contributed by atoms with E-state index in [2.05, 4.69) is 9.96 Å². The van der Waals surface area contributed by atoms with E-state index >= 15 is 0 Å². The summed E-state index contributed by atoms with van der Waals surface area (Å²) in [6.07, 6.45) is 0. The normalized spacial score (nSPS) is 10.1. The van der Waals surface area contributed by atoms with E-state index in [1.54, 1.807) is 0 Å². The third-order valence-electron chi connectivity index (χ3n) is 1.10. The van der Waals surface area contributed by atoms with Crippen LogP contribution in [0.5, 0.6) is 0 Å². The van der Waals surface area contributed by atoms with Crippen molar-refractivity contribution in [3.63, 3.8) is 0 Å². The van der Waals surface area contributed by atoms with Gasteiger partial charge < -0.3 is 17.3 Å². The summed E-state index contributed by atoms with van der Waals surface area (Å²) in [6.45, 7) is 3.84. The van der Waals surface area contributed by atoms with Gasteiger partial charge in [0.25, 0.3) is 0 Å². The molecule has 0 aliphatic carbocycles. The zero-order chi connectivity index (χ0) is 11.4. The molecular weight excluding hydrogens is 221 g/mol. The Bertz CT molecular complexity index is 316. The maximum atomic E-state index is 9.75. The van der Waals surface area contributed by atoms with E-state index in [0.29, 0.717) is 5.13 Å². The monoisotopic (exact) mass is 227 g/mol. The highest BCUT2D eigenvalue weighted by Crippen LogP contribution is 2.23. The van der Waals surface area contributed by atoms with Crippen molar-refractivity contribution >= 4 is 23.7 Å². The van der Waals surface area contributed by atoms with Crippen LogP contribution in [0.1, 0.15) is 10.6 Å². The fourth-order valence-electron chi connectivity index (χ4n) is 0.499. The Morgan fingerprint density at radius 3 is 1.86 bits per heavy atom. The topological polar surface area (TPSA) is 41.0 Å². The predicted molar refractivity (Wildman–Crippen MR) is 46.5 cm³/mol. The van der Waals surface area contributed by atoms with Gasteiger partial charge in [0.1, 0.15) is 0 Å². The molecule has 0 aromatic carbocycles. The van der Waals surface area contributed by atoms with Gasteiger partial charge in [-0.2, -0.15) is 0 Å². The second kappa shape index (κ2) is 4.90. The lowest BCUT2D eigenvalue weighted by Crippen LogP contribution is -2.02. The molecule has 0 aliphatic heterocycles. The van der Waals surface area contributed by atoms with Gasteiger partial charge in [-0.25, -0.2) is 0 Å². The molecule has 1 aromatic rings. The first-order valence-electron chi connectivity index (χ1n) is 3.40. The van der Waals surface area contributed by atoms with Crippen LogP contribution < -0.4 is 0 Å². The maximum absolute atomic E-state index is 9.75. The Labute approximate surface area is 81.5 Å². The minimum absolute atomic E-state index is 0.435. The molecule has 1 rings (SSSR count). The summed E-state index contributed by atoms with van der Waals surface area (Å²) in [6, 6.07) is 0. The van der Waals surface area contributed by atoms with Gasteiger partial charge in [-0.3, -0.25) is 0 Å². The number of halogens is 4. The Hall–Kier alpha value is -1.17. The molecule has 1 aromatic heterocycles. The lowest BCUT2D eigenvalue weighted by atomic mass is 10.3. The molecule has 0 saturated heterocycles. The van der Waals surface area contributed by atoms with E-state index in [1.165, 1.54) is 11.3 Å². The van der Waals surface area contributed by atoms with Crippen LogP contribution >= 0.6 is 11.3 Å². The van der Waals surface area contributed by atoms with E-state index in [9.17, 15) is 17.3 Å². The first-order chi connectivity index (χ1) is 6.24. The fourth-order valence-corrected chi connectivity index (χ4v) is 1.19. The zero-order valence-corrected chi connectivity index (χ0v) is 8.16. The minimum atomic E-state index is -6.00. The van der Waals surface area contributed by atoms with E-state index in [1.807, 2.05) is 13.8 Å². The number of thiazole rings is 1. The highest BCUT2D eigenvalue weighted by atomic mass is 32.1. The molecule has 0 amide bonds. The number of aromatic nitrogens is 1. The van der Waals surface area contributed by atoms with Crippen molar-refractivity contribution in [2.75, 3.05) is 0 Å². The fraction of sp³-hybridized carbons (Fsp3) is 0.400. The van der Waals surface area contributed by atoms with Crippen LogP contribution in [0, 0.1) is 19.2 Å². The molecule has 14 heavy (non-hydrogen) atoms. The first kappa shape index (κ1) is 12.8. The van der Waals surface area contributed by atoms with Gasteiger partial charge in [-0.05, 0) is 23.2 Å². The molecule has 78 valence electrons. The van der Waals surface area contributed by atoms with Crippen LogP contribution in [0.4, 0.5) is 22.4 Å². The maximum Gasteiger partial charge on any atom is 0.673 e. The molecule has 0 radical (unpaired) electrons. The van der Waals surface area contributed by atoms with Gasteiger partial charge in [0.05, 0.1) is 10.3 Å². The summed E-state index contributed by atoms with van der Waals surface area (Å²) >= 11 is 1.39. The van der Waals surface area contributed by atoms with Gasteiger partial charge in [0.15, 0.2) is 5.69 Å². The van der Waals surface area contributed by atoms with Crippen LogP contribution in [0.2, 0.25) is 0 Å².